The molecule has 47 heavy (non-hydrogen) atoms. The zero-order valence-corrected chi connectivity index (χ0v) is 26.3. The van der Waals surface area contributed by atoms with Crippen LogP contribution in [0.5, 0.6) is 5.75 Å². The highest BCUT2D eigenvalue weighted by Gasteiger charge is 2.45. The number of hydrogen-bond donors (Lipinski definition) is 1. The van der Waals surface area contributed by atoms with Crippen LogP contribution in [0, 0.1) is 11.8 Å². The Morgan fingerprint density at radius 1 is 1.00 bits per heavy atom. The summed E-state index contributed by atoms with van der Waals surface area (Å²) in [5.41, 5.74) is 1.39. The van der Waals surface area contributed by atoms with Gasteiger partial charge < -0.3 is 18.7 Å². The molecule has 4 atom stereocenters. The monoisotopic (exact) mass is 670 g/mol. The van der Waals surface area contributed by atoms with Crippen molar-refractivity contribution < 1.29 is 45.1 Å². The Kier molecular flexibility index (Phi) is 8.25. The number of alkyl halides is 3. The van der Waals surface area contributed by atoms with Crippen LogP contribution in [0.3, 0.4) is 0 Å². The molecule has 3 saturated carbocycles. The average Bonchev–Trinajstić information content (AvgIpc) is 3.76. The molecule has 2 bridgehead atoms. The lowest BCUT2D eigenvalue weighted by molar-refractivity contribution is -0.274. The summed E-state index contributed by atoms with van der Waals surface area (Å²) in [4.78, 5) is 12.1. The van der Waals surface area contributed by atoms with E-state index < -0.39 is 22.4 Å². The van der Waals surface area contributed by atoms with Crippen LogP contribution in [0.15, 0.2) is 70.1 Å². The Morgan fingerprint density at radius 3 is 2.45 bits per heavy atom. The van der Waals surface area contributed by atoms with Crippen LogP contribution in [-0.4, -0.2) is 45.2 Å². The highest BCUT2D eigenvalue weighted by Crippen LogP contribution is 2.47. The Morgan fingerprint density at radius 2 is 1.74 bits per heavy atom. The Labute approximate surface area is 269 Å². The van der Waals surface area contributed by atoms with Crippen molar-refractivity contribution in [2.24, 2.45) is 11.8 Å². The third-order valence-electron chi connectivity index (χ3n) is 9.50. The summed E-state index contributed by atoms with van der Waals surface area (Å²) >= 11 is 0. The molecule has 0 aliphatic heterocycles. The van der Waals surface area contributed by atoms with Crippen LogP contribution in [0.1, 0.15) is 66.1 Å². The lowest BCUT2D eigenvalue weighted by Gasteiger charge is -2.35. The number of sulfonamides is 1. The highest BCUT2D eigenvalue weighted by molar-refractivity contribution is 7.89. The largest absolute Gasteiger partial charge is 0.573 e. The first-order valence-electron chi connectivity index (χ1n) is 15.6. The Hall–Kier alpha value is -3.94. The number of aromatic nitrogens is 1. The zero-order chi connectivity index (χ0) is 32.9. The van der Waals surface area contributed by atoms with E-state index >= 15 is 0 Å². The van der Waals surface area contributed by atoms with Crippen LogP contribution >= 0.6 is 0 Å². The van der Waals surface area contributed by atoms with Gasteiger partial charge in [0.2, 0.25) is 10.0 Å². The van der Waals surface area contributed by atoms with Crippen molar-refractivity contribution in [2.75, 3.05) is 7.11 Å². The number of fused-ring (bicyclic) bond motifs is 3. The SMILES string of the molecule is COC(=O)c1ccc2c(S(=O)(=O)N[C@H]3[C@@H]4CC[C@H]3C[C@H](OCc3c(-c5ccccc5OC(F)(F)F)noc3C3CC3)C4)cccc2c1. The van der Waals surface area contributed by atoms with E-state index in [0.29, 0.717) is 40.5 Å². The molecule has 1 heterocycles. The summed E-state index contributed by atoms with van der Waals surface area (Å²) in [7, 11) is -2.61. The third kappa shape index (κ3) is 6.48. The van der Waals surface area contributed by atoms with Gasteiger partial charge in [0.05, 0.1) is 30.3 Å². The standard InChI is InChI=1S/C34H33F3N2O7S/c1-43-33(40)23-13-14-25-20(15-23)5-4-8-29(25)47(41,42)39-30-21-11-12-22(30)17-24(16-21)44-18-27-31(38-46-32(27)19-9-10-19)26-6-2-3-7-28(26)45-34(35,36)37/h2-8,13-15,19,21-22,24,30,39H,9-12,16-18H2,1H3/t21-,22+,24-,30+. The van der Waals surface area contributed by atoms with Crippen molar-refractivity contribution in [3.63, 3.8) is 0 Å². The van der Waals surface area contributed by atoms with Crippen molar-refractivity contribution in [1.29, 1.82) is 0 Å². The number of ether oxygens (including phenoxy) is 3. The average molecular weight is 671 g/mol. The van der Waals surface area contributed by atoms with Gasteiger partial charge in [-0.05, 0) is 86.1 Å². The number of esters is 1. The number of para-hydroxylation sites is 1. The summed E-state index contributed by atoms with van der Waals surface area (Å²) in [6.45, 7) is 0.106. The molecule has 3 fully saturated rings. The second kappa shape index (κ2) is 12.3. The maximum absolute atomic E-state index is 13.7. The summed E-state index contributed by atoms with van der Waals surface area (Å²) in [5, 5.41) is 5.29. The summed E-state index contributed by atoms with van der Waals surface area (Å²) < 4.78 is 91.1. The number of carbonyl (C=O) groups is 1. The van der Waals surface area contributed by atoms with Crippen molar-refractivity contribution >= 4 is 26.8 Å². The molecule has 0 amide bonds. The molecule has 0 unspecified atom stereocenters. The molecule has 0 radical (unpaired) electrons. The predicted octanol–water partition coefficient (Wildman–Crippen LogP) is 7.11. The molecule has 1 aromatic heterocycles. The molecule has 0 saturated heterocycles. The van der Waals surface area contributed by atoms with Gasteiger partial charge in [0, 0.05) is 28.5 Å². The van der Waals surface area contributed by atoms with Crippen molar-refractivity contribution in [3.05, 3.63) is 77.6 Å². The number of rotatable bonds is 10. The second-order valence-corrected chi connectivity index (χ2v) is 14.2. The number of benzene rings is 3. The van der Waals surface area contributed by atoms with Gasteiger partial charge in [0.25, 0.3) is 0 Å². The normalized spacial score (nSPS) is 22.8. The number of nitrogens with zero attached hydrogens (tertiary/aromatic N) is 1. The first-order chi connectivity index (χ1) is 22.5. The topological polar surface area (TPSA) is 117 Å². The van der Waals surface area contributed by atoms with Crippen LogP contribution in [0.25, 0.3) is 22.0 Å². The van der Waals surface area contributed by atoms with Crippen LogP contribution in [0.4, 0.5) is 13.2 Å². The quantitative estimate of drug-likeness (QED) is 0.178. The Balaban J connectivity index is 1.07. The van der Waals surface area contributed by atoms with Crippen LogP contribution in [-0.2, 0) is 26.1 Å². The lowest BCUT2D eigenvalue weighted by Crippen LogP contribution is -2.46. The maximum Gasteiger partial charge on any atom is 0.573 e. The zero-order valence-electron chi connectivity index (χ0n) is 25.5. The maximum atomic E-state index is 13.7. The van der Waals surface area contributed by atoms with Crippen molar-refractivity contribution in [2.45, 2.75) is 74.5 Å². The number of hydrogen-bond acceptors (Lipinski definition) is 8. The Bertz CT molecular complexity index is 1910. The molecule has 0 spiro atoms. The molecule has 1 N–H and O–H groups in total. The van der Waals surface area contributed by atoms with Gasteiger partial charge in [-0.15, -0.1) is 13.2 Å². The van der Waals surface area contributed by atoms with E-state index in [9.17, 15) is 26.4 Å². The van der Waals surface area contributed by atoms with Crippen molar-refractivity contribution in [1.82, 2.24) is 9.88 Å². The molecule has 3 aliphatic rings. The fourth-order valence-corrected chi connectivity index (χ4v) is 8.80. The molecule has 3 aliphatic carbocycles. The first-order valence-corrected chi connectivity index (χ1v) is 17.1. The summed E-state index contributed by atoms with van der Waals surface area (Å²) in [6, 6.07) is 15.3. The minimum Gasteiger partial charge on any atom is -0.465 e. The fourth-order valence-electron chi connectivity index (χ4n) is 7.19. The molecule has 13 heteroatoms. The van der Waals surface area contributed by atoms with Crippen LogP contribution < -0.4 is 9.46 Å². The third-order valence-corrected chi connectivity index (χ3v) is 11.0. The van der Waals surface area contributed by atoms with Gasteiger partial charge in [-0.1, -0.05) is 35.5 Å². The van der Waals surface area contributed by atoms with E-state index in [1.165, 1.54) is 25.3 Å². The second-order valence-electron chi connectivity index (χ2n) is 12.5. The van der Waals surface area contributed by atoms with E-state index in [2.05, 4.69) is 14.6 Å². The van der Waals surface area contributed by atoms with Gasteiger partial charge in [-0.2, -0.15) is 0 Å². The van der Waals surface area contributed by atoms with Gasteiger partial charge in [0.1, 0.15) is 17.2 Å². The van der Waals surface area contributed by atoms with Gasteiger partial charge in [-0.3, -0.25) is 0 Å². The van der Waals surface area contributed by atoms with Gasteiger partial charge in [0.15, 0.2) is 0 Å². The number of methoxy groups -OCH3 is 1. The molecule has 7 rings (SSSR count). The minimum atomic E-state index is -4.86. The van der Waals surface area contributed by atoms with Gasteiger partial charge >= 0.3 is 12.3 Å². The fraction of sp³-hybridized carbons (Fsp3) is 0.412. The molecular weight excluding hydrogens is 637 g/mol. The van der Waals surface area contributed by atoms with E-state index in [1.807, 2.05) is 0 Å². The number of carbonyl (C=O) groups excluding carboxylic acids is 1. The smallest absolute Gasteiger partial charge is 0.465 e. The molecule has 4 aromatic rings. The number of halogens is 3. The van der Waals surface area contributed by atoms with E-state index in [4.69, 9.17) is 14.0 Å². The summed E-state index contributed by atoms with van der Waals surface area (Å²) in [6.07, 6.45) is -0.255. The van der Waals surface area contributed by atoms with Crippen LogP contribution in [0.2, 0.25) is 0 Å². The van der Waals surface area contributed by atoms with E-state index in [-0.39, 0.29) is 58.4 Å². The van der Waals surface area contributed by atoms with E-state index in [1.54, 1.807) is 42.5 Å². The molecule has 3 aromatic carbocycles. The van der Waals surface area contributed by atoms with E-state index in [0.717, 1.165) is 25.7 Å². The predicted molar refractivity (Wildman–Crippen MR) is 164 cm³/mol. The number of nitrogens with one attached hydrogen (secondary N) is 1. The molecule has 248 valence electrons. The van der Waals surface area contributed by atoms with Gasteiger partial charge in [-0.25, -0.2) is 17.9 Å². The first kappa shape index (κ1) is 31.6. The van der Waals surface area contributed by atoms with Crippen molar-refractivity contribution in [3.8, 4) is 17.0 Å². The minimum absolute atomic E-state index is 0.0557. The highest BCUT2D eigenvalue weighted by atomic mass is 32.2. The molecule has 9 nitrogen and oxygen atoms in total. The lowest BCUT2D eigenvalue weighted by atomic mass is 9.83. The summed E-state index contributed by atoms with van der Waals surface area (Å²) in [5.74, 6) is 0.0179. The molecular formula is C34H33F3N2O7S.